The number of halogens is 2. The van der Waals surface area contributed by atoms with Gasteiger partial charge in [-0.15, -0.1) is 0 Å². The molecule has 2 heterocycles. The van der Waals surface area contributed by atoms with Gasteiger partial charge in [0.1, 0.15) is 12.4 Å². The van der Waals surface area contributed by atoms with Crippen LogP contribution in [0.1, 0.15) is 6.92 Å². The number of pyridine rings is 1. The Balaban J connectivity index is 1.41. The van der Waals surface area contributed by atoms with Crippen LogP contribution in [0.15, 0.2) is 42.6 Å². The lowest BCUT2D eigenvalue weighted by molar-refractivity contribution is -0.121. The number of carbonyl (C=O) groups excluding carboxylic acids is 1. The fraction of sp³-hybridized carbons (Fsp3) is 0.400. The Morgan fingerprint density at radius 1 is 1.18 bits per heavy atom. The van der Waals surface area contributed by atoms with Crippen molar-refractivity contribution in [2.24, 2.45) is 0 Å². The van der Waals surface area contributed by atoms with Crippen LogP contribution in [0.25, 0.3) is 0 Å². The first-order valence-electron chi connectivity index (χ1n) is 9.29. The largest absolute Gasteiger partial charge is 0.491 e. The molecule has 1 fully saturated rings. The Bertz CT molecular complexity index is 797. The summed E-state index contributed by atoms with van der Waals surface area (Å²) in [7, 11) is 0. The highest BCUT2D eigenvalue weighted by atomic mass is 35.5. The number of aromatic nitrogens is 1. The number of nitrogens with one attached hydrogen (secondary N) is 1. The van der Waals surface area contributed by atoms with E-state index in [9.17, 15) is 4.79 Å². The van der Waals surface area contributed by atoms with E-state index >= 15 is 0 Å². The van der Waals surface area contributed by atoms with Crippen LogP contribution < -0.4 is 10.1 Å². The number of piperazine rings is 1. The van der Waals surface area contributed by atoms with E-state index in [1.54, 1.807) is 18.3 Å². The van der Waals surface area contributed by atoms with Crippen molar-refractivity contribution in [1.29, 1.82) is 0 Å². The Morgan fingerprint density at radius 2 is 1.93 bits per heavy atom. The average Bonchev–Trinajstić information content (AvgIpc) is 2.71. The number of hydrogen-bond acceptors (Lipinski definition) is 5. The lowest BCUT2D eigenvalue weighted by Crippen LogP contribution is -2.53. The van der Waals surface area contributed by atoms with Gasteiger partial charge in [-0.05, 0) is 31.2 Å². The molecule has 0 saturated carbocycles. The molecule has 2 aromatic rings. The van der Waals surface area contributed by atoms with Crippen molar-refractivity contribution >= 4 is 34.8 Å². The molecule has 1 unspecified atom stereocenters. The minimum atomic E-state index is -0.238. The number of hydrogen-bond donors (Lipinski definition) is 1. The highest BCUT2D eigenvalue weighted by molar-refractivity contribution is 6.32. The molecule has 0 bridgehead atoms. The summed E-state index contributed by atoms with van der Waals surface area (Å²) >= 11 is 12.1. The maximum absolute atomic E-state index is 12.5. The van der Waals surface area contributed by atoms with Gasteiger partial charge in [-0.3, -0.25) is 14.6 Å². The zero-order valence-electron chi connectivity index (χ0n) is 15.8. The first kappa shape index (κ1) is 20.9. The van der Waals surface area contributed by atoms with Crippen LogP contribution in [0.5, 0.6) is 5.75 Å². The third-order valence-corrected chi connectivity index (χ3v) is 5.47. The van der Waals surface area contributed by atoms with Gasteiger partial charge in [0.15, 0.2) is 5.15 Å². The van der Waals surface area contributed by atoms with Gasteiger partial charge >= 0.3 is 0 Å². The quantitative estimate of drug-likeness (QED) is 0.692. The molecule has 1 aromatic carbocycles. The summed E-state index contributed by atoms with van der Waals surface area (Å²) in [5, 5.41) is 3.78. The fourth-order valence-corrected chi connectivity index (χ4v) is 3.46. The minimum absolute atomic E-state index is 0.0783. The van der Waals surface area contributed by atoms with Crippen molar-refractivity contribution in [2.75, 3.05) is 44.6 Å². The number of amides is 1. The van der Waals surface area contributed by atoms with Crippen molar-refractivity contribution < 1.29 is 9.53 Å². The number of benzene rings is 1. The Kier molecular flexibility index (Phi) is 7.50. The molecule has 0 radical (unpaired) electrons. The topological polar surface area (TPSA) is 57.7 Å². The molecular formula is C20H24Cl2N4O2. The van der Waals surface area contributed by atoms with Gasteiger partial charge in [0.05, 0.1) is 16.8 Å². The van der Waals surface area contributed by atoms with Crippen molar-refractivity contribution in [2.45, 2.75) is 13.0 Å². The lowest BCUT2D eigenvalue weighted by atomic mass is 10.2. The van der Waals surface area contributed by atoms with Gasteiger partial charge in [-0.2, -0.15) is 0 Å². The molecule has 1 aromatic heterocycles. The van der Waals surface area contributed by atoms with Crippen molar-refractivity contribution in [3.05, 3.63) is 52.8 Å². The van der Waals surface area contributed by atoms with E-state index in [1.807, 2.05) is 31.2 Å². The summed E-state index contributed by atoms with van der Waals surface area (Å²) < 4.78 is 5.76. The average molecular weight is 423 g/mol. The first-order chi connectivity index (χ1) is 13.5. The molecule has 0 aliphatic carbocycles. The highest BCUT2D eigenvalue weighted by Gasteiger charge is 2.26. The second-order valence-corrected chi connectivity index (χ2v) is 7.43. The van der Waals surface area contributed by atoms with Crippen LogP contribution in [0.2, 0.25) is 10.2 Å². The summed E-state index contributed by atoms with van der Waals surface area (Å²) in [5.74, 6) is 0.632. The molecule has 6 nitrogen and oxygen atoms in total. The number of anilines is 1. The maximum Gasteiger partial charge on any atom is 0.241 e. The molecule has 1 atom stereocenters. The molecule has 1 N–H and O–H groups in total. The van der Waals surface area contributed by atoms with Crippen molar-refractivity contribution in [3.63, 3.8) is 0 Å². The third kappa shape index (κ3) is 5.58. The van der Waals surface area contributed by atoms with Crippen molar-refractivity contribution in [3.8, 4) is 5.75 Å². The van der Waals surface area contributed by atoms with Gasteiger partial charge in [0.2, 0.25) is 5.91 Å². The van der Waals surface area contributed by atoms with Gasteiger partial charge in [-0.1, -0.05) is 35.3 Å². The molecule has 1 saturated heterocycles. The predicted molar refractivity (Wildman–Crippen MR) is 112 cm³/mol. The molecule has 0 spiro atoms. The van der Waals surface area contributed by atoms with Gasteiger partial charge in [0.25, 0.3) is 0 Å². The zero-order chi connectivity index (χ0) is 19.9. The van der Waals surface area contributed by atoms with Crippen LogP contribution in [-0.4, -0.2) is 66.1 Å². The van der Waals surface area contributed by atoms with E-state index in [2.05, 4.69) is 20.1 Å². The molecular weight excluding hydrogens is 399 g/mol. The number of nitrogens with zero attached hydrogens (tertiary/aromatic N) is 3. The molecule has 1 aliphatic heterocycles. The van der Waals surface area contributed by atoms with E-state index in [1.165, 1.54) is 0 Å². The van der Waals surface area contributed by atoms with Gasteiger partial charge < -0.3 is 10.1 Å². The second kappa shape index (κ2) is 10.1. The second-order valence-electron chi connectivity index (χ2n) is 6.66. The zero-order valence-corrected chi connectivity index (χ0v) is 17.3. The van der Waals surface area contributed by atoms with E-state index in [0.717, 1.165) is 32.7 Å². The predicted octanol–water partition coefficient (Wildman–Crippen LogP) is 3.41. The van der Waals surface area contributed by atoms with Gasteiger partial charge in [-0.25, -0.2) is 4.98 Å². The summed E-state index contributed by atoms with van der Waals surface area (Å²) in [6.45, 7) is 6.73. The molecule has 28 heavy (non-hydrogen) atoms. The monoisotopic (exact) mass is 422 g/mol. The maximum atomic E-state index is 12.5. The van der Waals surface area contributed by atoms with E-state index in [0.29, 0.717) is 28.2 Å². The summed E-state index contributed by atoms with van der Waals surface area (Å²) in [5.41, 5.74) is 0.538. The smallest absolute Gasteiger partial charge is 0.241 e. The van der Waals surface area contributed by atoms with Crippen molar-refractivity contribution in [1.82, 2.24) is 14.8 Å². The molecule has 1 amide bonds. The van der Waals surface area contributed by atoms with E-state index < -0.39 is 0 Å². The number of rotatable bonds is 7. The lowest BCUT2D eigenvalue weighted by Gasteiger charge is -2.37. The van der Waals surface area contributed by atoms with Crippen LogP contribution in [-0.2, 0) is 4.79 Å². The van der Waals surface area contributed by atoms with Crippen LogP contribution in [0.4, 0.5) is 5.69 Å². The number of ether oxygens (including phenoxy) is 1. The van der Waals surface area contributed by atoms with Crippen LogP contribution >= 0.6 is 23.2 Å². The summed E-state index contributed by atoms with van der Waals surface area (Å²) in [6.07, 6.45) is 1.59. The van der Waals surface area contributed by atoms with Crippen LogP contribution in [0, 0.1) is 0 Å². The summed E-state index contributed by atoms with van der Waals surface area (Å²) in [6, 6.07) is 10.7. The first-order valence-corrected chi connectivity index (χ1v) is 10.1. The number of carbonyl (C=O) groups is 1. The van der Waals surface area contributed by atoms with Crippen LogP contribution in [0.3, 0.4) is 0 Å². The Labute approximate surface area is 175 Å². The SMILES string of the molecule is CC(C(=O)Nc1cccnc1Cl)N1CCN(CCOc2ccccc2Cl)CC1. The minimum Gasteiger partial charge on any atom is -0.491 e. The molecule has 1 aliphatic rings. The Morgan fingerprint density at radius 3 is 2.64 bits per heavy atom. The summed E-state index contributed by atoms with van der Waals surface area (Å²) in [4.78, 5) is 21.0. The third-order valence-electron chi connectivity index (χ3n) is 4.85. The molecule has 150 valence electrons. The normalized spacial score (nSPS) is 16.5. The number of para-hydroxylation sites is 1. The molecule has 8 heteroatoms. The molecule has 3 rings (SSSR count). The van der Waals surface area contributed by atoms with E-state index in [4.69, 9.17) is 27.9 Å². The standard InChI is InChI=1S/C20H24Cl2N4O2/c1-15(20(27)24-17-6-4-8-23-19(17)22)26-11-9-25(10-12-26)13-14-28-18-7-3-2-5-16(18)21/h2-8,15H,9-14H2,1H3,(H,24,27). The van der Waals surface area contributed by atoms with E-state index in [-0.39, 0.29) is 11.9 Å². The fourth-order valence-electron chi connectivity index (χ4n) is 3.10. The highest BCUT2D eigenvalue weighted by Crippen LogP contribution is 2.23. The Hall–Kier alpha value is -1.86. The van der Waals surface area contributed by atoms with Gasteiger partial charge in [0, 0.05) is 38.9 Å².